The zero-order valence-electron chi connectivity index (χ0n) is 8.79. The summed E-state index contributed by atoms with van der Waals surface area (Å²) in [5.74, 6) is 0. The van der Waals surface area contributed by atoms with E-state index in [-0.39, 0.29) is 10.8 Å². The molecule has 6 nitrogen and oxygen atoms in total. The van der Waals surface area contributed by atoms with Crippen molar-refractivity contribution in [1.82, 2.24) is 9.88 Å². The quantitative estimate of drug-likeness (QED) is 0.834. The van der Waals surface area contributed by atoms with Crippen molar-refractivity contribution in [3.05, 3.63) is 35.0 Å². The van der Waals surface area contributed by atoms with Crippen LogP contribution in [-0.4, -0.2) is 13.6 Å². The van der Waals surface area contributed by atoms with Crippen LogP contribution < -0.4 is 10.5 Å². The molecule has 0 spiro atoms. The summed E-state index contributed by atoms with van der Waals surface area (Å²) in [5.41, 5.74) is 6.76. The highest BCUT2D eigenvalue weighted by Crippen LogP contribution is 2.19. The molecule has 0 aliphatic carbocycles. The van der Waals surface area contributed by atoms with Gasteiger partial charge in [-0.1, -0.05) is 5.16 Å². The summed E-state index contributed by atoms with van der Waals surface area (Å²) in [6.07, 6.45) is 1.39. The molecule has 0 fully saturated rings. The van der Waals surface area contributed by atoms with Crippen molar-refractivity contribution in [2.24, 2.45) is 5.73 Å². The number of nitrogens with one attached hydrogen (secondary N) is 1. The minimum atomic E-state index is -3.49. The van der Waals surface area contributed by atoms with Gasteiger partial charge in [-0.3, -0.25) is 0 Å². The third-order valence-electron chi connectivity index (χ3n) is 2.06. The van der Waals surface area contributed by atoms with Crippen LogP contribution in [0.1, 0.15) is 11.3 Å². The lowest BCUT2D eigenvalue weighted by Gasteiger charge is -2.01. The van der Waals surface area contributed by atoms with Gasteiger partial charge in [0.2, 0.25) is 10.0 Å². The van der Waals surface area contributed by atoms with Gasteiger partial charge < -0.3 is 10.3 Å². The highest BCUT2D eigenvalue weighted by Gasteiger charge is 2.16. The Balaban J connectivity index is 2.08. The van der Waals surface area contributed by atoms with Crippen molar-refractivity contribution in [1.29, 1.82) is 0 Å². The monoisotopic (exact) mass is 273 g/mol. The van der Waals surface area contributed by atoms with Crippen molar-refractivity contribution in [2.75, 3.05) is 0 Å². The van der Waals surface area contributed by atoms with Crippen LogP contribution in [0.25, 0.3) is 0 Å². The minimum Gasteiger partial charge on any atom is -0.364 e. The van der Waals surface area contributed by atoms with E-state index in [0.29, 0.717) is 12.2 Å². The lowest BCUT2D eigenvalue weighted by Crippen LogP contribution is -2.22. The van der Waals surface area contributed by atoms with Crippen LogP contribution in [0.3, 0.4) is 0 Å². The molecule has 0 amide bonds. The van der Waals surface area contributed by atoms with E-state index in [2.05, 4.69) is 14.4 Å². The Morgan fingerprint density at radius 3 is 2.94 bits per heavy atom. The molecule has 0 atom stereocenters. The molecule has 2 aromatic heterocycles. The Labute approximate surface area is 102 Å². The Kier molecular flexibility index (Phi) is 3.57. The molecule has 2 heterocycles. The van der Waals surface area contributed by atoms with Crippen LogP contribution in [0.2, 0.25) is 0 Å². The zero-order valence-corrected chi connectivity index (χ0v) is 10.4. The van der Waals surface area contributed by atoms with E-state index in [1.165, 1.54) is 6.26 Å². The van der Waals surface area contributed by atoms with E-state index >= 15 is 0 Å². The van der Waals surface area contributed by atoms with E-state index in [0.717, 1.165) is 16.9 Å². The molecule has 0 saturated carbocycles. The molecule has 0 radical (unpaired) electrons. The van der Waals surface area contributed by atoms with Gasteiger partial charge in [0, 0.05) is 12.6 Å². The lowest BCUT2D eigenvalue weighted by atomic mass is 10.4. The standard InChI is InChI=1S/C9H11N3O3S2/c10-4-7-3-9(16-6-7)17(13,14)11-5-8-1-2-15-12-8/h1-3,6,11H,4-5,10H2. The molecule has 0 aliphatic rings. The van der Waals surface area contributed by atoms with Gasteiger partial charge in [-0.15, -0.1) is 11.3 Å². The number of hydrogen-bond donors (Lipinski definition) is 2. The smallest absolute Gasteiger partial charge is 0.250 e. The fourth-order valence-electron chi connectivity index (χ4n) is 1.17. The first-order valence-electron chi connectivity index (χ1n) is 4.78. The number of nitrogens with zero attached hydrogens (tertiary/aromatic N) is 1. The van der Waals surface area contributed by atoms with E-state index in [1.807, 2.05) is 0 Å². The zero-order chi connectivity index (χ0) is 12.3. The number of rotatable bonds is 5. The molecule has 17 heavy (non-hydrogen) atoms. The highest BCUT2D eigenvalue weighted by atomic mass is 32.2. The largest absolute Gasteiger partial charge is 0.364 e. The van der Waals surface area contributed by atoms with Crippen molar-refractivity contribution < 1.29 is 12.9 Å². The van der Waals surface area contributed by atoms with Crippen molar-refractivity contribution in [3.63, 3.8) is 0 Å². The Morgan fingerprint density at radius 2 is 2.35 bits per heavy atom. The molecule has 0 unspecified atom stereocenters. The molecule has 8 heteroatoms. The molecule has 0 bridgehead atoms. The van der Waals surface area contributed by atoms with Crippen LogP contribution >= 0.6 is 11.3 Å². The SMILES string of the molecule is NCc1csc(S(=O)(=O)NCc2ccon2)c1. The Bertz CT molecular complexity index is 574. The van der Waals surface area contributed by atoms with E-state index < -0.39 is 10.0 Å². The van der Waals surface area contributed by atoms with Gasteiger partial charge in [-0.25, -0.2) is 13.1 Å². The van der Waals surface area contributed by atoms with Crippen molar-refractivity contribution in [2.45, 2.75) is 17.3 Å². The van der Waals surface area contributed by atoms with E-state index in [9.17, 15) is 8.42 Å². The Hall–Kier alpha value is -1.22. The summed E-state index contributed by atoms with van der Waals surface area (Å²) in [6, 6.07) is 3.16. The maximum Gasteiger partial charge on any atom is 0.250 e. The molecule has 0 saturated heterocycles. The lowest BCUT2D eigenvalue weighted by molar-refractivity contribution is 0.411. The van der Waals surface area contributed by atoms with Gasteiger partial charge in [0.1, 0.15) is 10.5 Å². The average Bonchev–Trinajstić information content (AvgIpc) is 2.98. The minimum absolute atomic E-state index is 0.106. The first-order valence-corrected chi connectivity index (χ1v) is 7.14. The highest BCUT2D eigenvalue weighted by molar-refractivity contribution is 7.91. The first-order chi connectivity index (χ1) is 8.12. The van der Waals surface area contributed by atoms with Gasteiger partial charge in [-0.2, -0.15) is 0 Å². The normalized spacial score (nSPS) is 11.8. The van der Waals surface area contributed by atoms with E-state index in [1.54, 1.807) is 17.5 Å². The molecule has 2 aromatic rings. The summed E-state index contributed by atoms with van der Waals surface area (Å²) in [4.78, 5) is 0. The van der Waals surface area contributed by atoms with Crippen molar-refractivity contribution >= 4 is 21.4 Å². The second kappa shape index (κ2) is 4.96. The van der Waals surface area contributed by atoms with E-state index in [4.69, 9.17) is 5.73 Å². The predicted octanol–water partition coefficient (Wildman–Crippen LogP) is 0.673. The van der Waals surface area contributed by atoms with Crippen LogP contribution in [0.4, 0.5) is 0 Å². The third kappa shape index (κ3) is 2.91. The number of nitrogens with two attached hydrogens (primary N) is 1. The number of thiophene rings is 1. The van der Waals surface area contributed by atoms with Crippen LogP contribution in [-0.2, 0) is 23.1 Å². The molecule has 0 aliphatic heterocycles. The summed E-state index contributed by atoms with van der Waals surface area (Å²) in [5, 5.41) is 5.34. The van der Waals surface area contributed by atoms with Crippen LogP contribution in [0.15, 0.2) is 32.5 Å². The summed E-state index contributed by atoms with van der Waals surface area (Å²) >= 11 is 1.14. The first kappa shape index (κ1) is 12.2. The molecular weight excluding hydrogens is 262 g/mol. The third-order valence-corrected chi connectivity index (χ3v) is 4.95. The second-order valence-electron chi connectivity index (χ2n) is 3.29. The Morgan fingerprint density at radius 1 is 1.53 bits per heavy atom. The summed E-state index contributed by atoms with van der Waals surface area (Å²) in [6.45, 7) is 0.435. The number of aromatic nitrogens is 1. The summed E-state index contributed by atoms with van der Waals surface area (Å²) in [7, 11) is -3.49. The molecule has 92 valence electrons. The maximum atomic E-state index is 11.9. The second-order valence-corrected chi connectivity index (χ2v) is 6.20. The van der Waals surface area contributed by atoms with Gasteiger partial charge >= 0.3 is 0 Å². The molecule has 2 rings (SSSR count). The van der Waals surface area contributed by atoms with Crippen molar-refractivity contribution in [3.8, 4) is 0 Å². The van der Waals surface area contributed by atoms with Crippen LogP contribution in [0, 0.1) is 0 Å². The number of hydrogen-bond acceptors (Lipinski definition) is 6. The predicted molar refractivity (Wildman–Crippen MR) is 62.7 cm³/mol. The van der Waals surface area contributed by atoms with Gasteiger partial charge in [0.05, 0.1) is 12.2 Å². The van der Waals surface area contributed by atoms with Gasteiger partial charge in [0.15, 0.2) is 0 Å². The van der Waals surface area contributed by atoms with Gasteiger partial charge in [0.25, 0.3) is 0 Å². The molecule has 3 N–H and O–H groups in total. The topological polar surface area (TPSA) is 98.2 Å². The fraction of sp³-hybridized carbons (Fsp3) is 0.222. The average molecular weight is 273 g/mol. The number of sulfonamides is 1. The fourth-order valence-corrected chi connectivity index (χ4v) is 3.44. The summed E-state index contributed by atoms with van der Waals surface area (Å²) < 4.78 is 31.0. The molecule has 0 aromatic carbocycles. The van der Waals surface area contributed by atoms with Gasteiger partial charge in [-0.05, 0) is 17.0 Å². The maximum absolute atomic E-state index is 11.9. The van der Waals surface area contributed by atoms with Crippen LogP contribution in [0.5, 0.6) is 0 Å². The molecular formula is C9H11N3O3S2.